The van der Waals surface area contributed by atoms with Crippen molar-refractivity contribution < 1.29 is 17.0 Å². The van der Waals surface area contributed by atoms with Gasteiger partial charge in [-0.1, -0.05) is 167 Å². The minimum atomic E-state index is 0. The molecule has 0 aliphatic carbocycles. The van der Waals surface area contributed by atoms with Crippen molar-refractivity contribution in [3.05, 3.63) is 52.9 Å². The van der Waals surface area contributed by atoms with Crippen molar-refractivity contribution >= 4 is 34.7 Å². The molecular formula is C40H72BrClMgN4. The van der Waals surface area contributed by atoms with Crippen molar-refractivity contribution in [3.63, 3.8) is 0 Å². The molecule has 4 nitrogen and oxygen atoms in total. The Morgan fingerprint density at radius 2 is 0.851 bits per heavy atom. The first-order valence-electron chi connectivity index (χ1n) is 18.9. The Balaban J connectivity index is -0.000000665. The zero-order chi connectivity index (χ0) is 33.4. The molecule has 2 aromatic rings. The molecule has 0 saturated heterocycles. The van der Waals surface area contributed by atoms with Crippen LogP contribution in [0, 0.1) is 34.6 Å². The van der Waals surface area contributed by atoms with Crippen molar-refractivity contribution in [3.8, 4) is 0 Å². The van der Waals surface area contributed by atoms with E-state index in [2.05, 4.69) is 47.6 Å². The first kappa shape index (κ1) is 51.1. The number of hydrogen-bond donors (Lipinski definition) is 0. The molecule has 0 amide bonds. The predicted molar refractivity (Wildman–Crippen MR) is 205 cm³/mol. The molecule has 7 heteroatoms. The fraction of sp³-hybridized carbons (Fsp3) is 0.775. The van der Waals surface area contributed by atoms with Gasteiger partial charge in [0.05, 0.1) is 28.5 Å². The number of aryl methyl sites for hydroxylation is 5. The van der Waals surface area contributed by atoms with Crippen LogP contribution < -0.4 is 17.0 Å². The summed E-state index contributed by atoms with van der Waals surface area (Å²) in [7, 11) is 0. The molecule has 0 spiro atoms. The van der Waals surface area contributed by atoms with E-state index in [0.717, 1.165) is 35.6 Å². The van der Waals surface area contributed by atoms with E-state index in [4.69, 9.17) is 11.6 Å². The summed E-state index contributed by atoms with van der Waals surface area (Å²) in [6, 6.07) is 0. The quantitative estimate of drug-likeness (QED) is 0.0610. The van der Waals surface area contributed by atoms with E-state index in [1.54, 1.807) is 6.20 Å². The average molecular weight is 749 g/mol. The van der Waals surface area contributed by atoms with Gasteiger partial charge >= 0.3 is 23.1 Å². The number of hydrogen-bond acceptors (Lipinski definition) is 4. The number of aromatic nitrogens is 4. The largest absolute Gasteiger partial charge is 2.00 e. The van der Waals surface area contributed by atoms with Crippen LogP contribution in [0.25, 0.3) is 0 Å². The van der Waals surface area contributed by atoms with Gasteiger partial charge in [-0.05, 0) is 40.5 Å². The van der Waals surface area contributed by atoms with E-state index in [-0.39, 0.29) is 40.0 Å². The molecule has 0 aromatic carbocycles. The second-order valence-electron chi connectivity index (χ2n) is 13.0. The number of unbranched alkanes of at least 4 members (excludes halogenated alkanes) is 22. The van der Waals surface area contributed by atoms with Gasteiger partial charge in [0.1, 0.15) is 0 Å². The molecule has 0 aliphatic rings. The van der Waals surface area contributed by atoms with Gasteiger partial charge in [-0.3, -0.25) is 15.0 Å². The molecule has 2 rings (SSSR count). The minimum Gasteiger partial charge on any atom is -1.00 e. The van der Waals surface area contributed by atoms with E-state index < -0.39 is 0 Å². The smallest absolute Gasteiger partial charge is 1.00 e. The normalized spacial score (nSPS) is 10.2. The summed E-state index contributed by atoms with van der Waals surface area (Å²) in [4.78, 5) is 17.0. The summed E-state index contributed by atoms with van der Waals surface area (Å²) in [6.07, 6.45) is 38.3. The van der Waals surface area contributed by atoms with Crippen LogP contribution in [0.4, 0.5) is 0 Å². The molecule has 0 atom stereocenters. The van der Waals surface area contributed by atoms with Gasteiger partial charge in [0.15, 0.2) is 5.15 Å². The van der Waals surface area contributed by atoms with Crippen LogP contribution in [-0.4, -0.2) is 43.0 Å². The van der Waals surface area contributed by atoms with E-state index in [0.29, 0.717) is 5.15 Å². The summed E-state index contributed by atoms with van der Waals surface area (Å²) in [5.74, 6) is 0. The molecule has 0 saturated carbocycles. The molecule has 0 fully saturated rings. The van der Waals surface area contributed by atoms with Gasteiger partial charge in [-0.15, -0.1) is 0 Å². The number of nitrogens with zero attached hydrogens (tertiary/aromatic N) is 4. The molecule has 0 radical (unpaired) electrons. The Labute approximate surface area is 324 Å². The van der Waals surface area contributed by atoms with Crippen molar-refractivity contribution in [1.82, 2.24) is 19.9 Å². The van der Waals surface area contributed by atoms with Crippen LogP contribution in [0.5, 0.6) is 0 Å². The van der Waals surface area contributed by atoms with Crippen molar-refractivity contribution in [2.75, 3.05) is 0 Å². The first-order valence-corrected chi connectivity index (χ1v) is 19.3. The zero-order valence-corrected chi connectivity index (χ0v) is 35.5. The van der Waals surface area contributed by atoms with Crippen molar-refractivity contribution in [2.45, 2.75) is 202 Å². The van der Waals surface area contributed by atoms with Gasteiger partial charge in [-0.25, -0.2) is 4.98 Å². The SMILES string of the molecule is CCCCCCCCCCCCCCc1nc(C)cnc1C.Cc1cnc(C)c(Cl)n1.[Br-].[CH2-]CCCCCCCCCCCCC.[Mg+2]. The third-order valence-electron chi connectivity index (χ3n) is 8.31. The molecule has 2 heterocycles. The zero-order valence-electron chi connectivity index (χ0n) is 31.8. The second kappa shape index (κ2) is 38.5. The van der Waals surface area contributed by atoms with Gasteiger partial charge in [0.25, 0.3) is 0 Å². The number of rotatable bonds is 24. The molecule has 0 N–H and O–H groups in total. The predicted octanol–water partition coefficient (Wildman–Crippen LogP) is 10.2. The van der Waals surface area contributed by atoms with Crippen LogP contribution in [0.1, 0.15) is 196 Å². The first-order chi connectivity index (χ1) is 21.8. The Morgan fingerprint density at radius 1 is 0.511 bits per heavy atom. The van der Waals surface area contributed by atoms with Crippen molar-refractivity contribution in [2.24, 2.45) is 0 Å². The number of halogens is 2. The van der Waals surface area contributed by atoms with Gasteiger partial charge in [0.2, 0.25) is 0 Å². The molecular weight excluding hydrogens is 676 g/mol. The second-order valence-corrected chi connectivity index (χ2v) is 13.3. The Hall–Kier alpha value is -0.304. The standard InChI is InChI=1S/C20H36N2.C14H29.C6H7ClN2.BrH.Mg/c1-4-5-6-7-8-9-10-11-12-13-14-15-16-20-19(3)21-17-18(2)22-20;1-3-5-7-9-11-13-14-12-10-8-6-4-2;1-4-3-8-5(2)6(7)9-4;;/h17H,4-16H2,1-3H3;1,3-14H2,2H3;3H,1-2H3;1H;/q;-1;;;+2/p-1. The topological polar surface area (TPSA) is 51.6 Å². The third kappa shape index (κ3) is 33.9. The van der Waals surface area contributed by atoms with E-state index in [9.17, 15) is 0 Å². The summed E-state index contributed by atoms with van der Waals surface area (Å²) in [5, 5.41) is 0.495. The fourth-order valence-corrected chi connectivity index (χ4v) is 5.49. The van der Waals surface area contributed by atoms with Gasteiger partial charge < -0.3 is 23.9 Å². The average Bonchev–Trinajstić information content (AvgIpc) is 3.03. The maximum Gasteiger partial charge on any atom is 2.00 e. The third-order valence-corrected chi connectivity index (χ3v) is 8.67. The Kier molecular flexibility index (Phi) is 41.8. The maximum absolute atomic E-state index is 5.64. The van der Waals surface area contributed by atoms with Crippen LogP contribution in [0.15, 0.2) is 12.4 Å². The van der Waals surface area contributed by atoms with Gasteiger partial charge in [-0.2, -0.15) is 6.42 Å². The van der Waals surface area contributed by atoms with E-state index in [1.807, 2.05) is 27.0 Å². The Bertz CT molecular complexity index is 919. The van der Waals surface area contributed by atoms with Crippen LogP contribution in [0.2, 0.25) is 5.15 Å². The summed E-state index contributed by atoms with van der Waals surface area (Å²) < 4.78 is 0. The van der Waals surface area contributed by atoms with E-state index >= 15 is 0 Å². The van der Waals surface area contributed by atoms with E-state index in [1.165, 1.54) is 153 Å². The maximum atomic E-state index is 5.64. The van der Waals surface area contributed by atoms with Gasteiger partial charge in [0, 0.05) is 12.4 Å². The van der Waals surface area contributed by atoms with Crippen molar-refractivity contribution in [1.29, 1.82) is 0 Å². The summed E-state index contributed by atoms with van der Waals surface area (Å²) >= 11 is 5.64. The molecule has 0 unspecified atom stereocenters. The van der Waals surface area contributed by atoms with Crippen LogP contribution in [0.3, 0.4) is 0 Å². The Morgan fingerprint density at radius 3 is 1.21 bits per heavy atom. The van der Waals surface area contributed by atoms with Crippen LogP contribution in [-0.2, 0) is 6.42 Å². The molecule has 47 heavy (non-hydrogen) atoms. The summed E-state index contributed by atoms with van der Waals surface area (Å²) in [5.41, 5.74) is 4.98. The molecule has 0 aliphatic heterocycles. The monoisotopic (exact) mass is 746 g/mol. The molecule has 268 valence electrons. The molecule has 0 bridgehead atoms. The fourth-order valence-electron chi connectivity index (χ4n) is 5.31. The summed E-state index contributed by atoms with van der Waals surface area (Å²) in [6.45, 7) is 16.2. The van der Waals surface area contributed by atoms with Crippen LogP contribution >= 0.6 is 11.6 Å². The minimum absolute atomic E-state index is 0. The molecule has 2 aromatic heterocycles.